The summed E-state index contributed by atoms with van der Waals surface area (Å²) in [5, 5.41) is 2.66. The number of aromatic nitrogens is 1. The Kier molecular flexibility index (Phi) is 5.24. The van der Waals surface area contributed by atoms with Gasteiger partial charge < -0.3 is 10.1 Å². The minimum Gasteiger partial charge on any atom is -0.439 e. The van der Waals surface area contributed by atoms with Crippen molar-refractivity contribution in [2.75, 3.05) is 24.2 Å². The molecule has 0 unspecified atom stereocenters. The first-order valence-electron chi connectivity index (χ1n) is 8.33. The molecule has 138 valence electrons. The van der Waals surface area contributed by atoms with Crippen LogP contribution in [0.1, 0.15) is 17.5 Å². The number of anilines is 1. The summed E-state index contributed by atoms with van der Waals surface area (Å²) in [4.78, 5) is 16.2. The molecule has 0 aliphatic carbocycles. The van der Waals surface area contributed by atoms with Gasteiger partial charge in [-0.3, -0.25) is 4.79 Å². The molecule has 1 aromatic carbocycles. The van der Waals surface area contributed by atoms with Crippen LogP contribution >= 0.6 is 0 Å². The number of aryl methyl sites for hydroxylation is 1. The predicted octanol–water partition coefficient (Wildman–Crippen LogP) is 2.46. The van der Waals surface area contributed by atoms with Crippen molar-refractivity contribution in [3.05, 3.63) is 47.7 Å². The lowest BCUT2D eigenvalue weighted by molar-refractivity contribution is -0.116. The third-order valence-corrected chi connectivity index (χ3v) is 6.22. The molecule has 1 N–H and O–H groups in total. The molecule has 1 aromatic heterocycles. The van der Waals surface area contributed by atoms with Crippen molar-refractivity contribution in [3.8, 4) is 11.6 Å². The molecule has 0 atom stereocenters. The molecule has 1 aliphatic heterocycles. The van der Waals surface area contributed by atoms with Gasteiger partial charge in [0.1, 0.15) is 5.75 Å². The normalized spacial score (nSPS) is 16.4. The minimum absolute atomic E-state index is 0.103. The number of amides is 1. The van der Waals surface area contributed by atoms with Gasteiger partial charge >= 0.3 is 0 Å². The Morgan fingerprint density at radius 1 is 1.27 bits per heavy atom. The van der Waals surface area contributed by atoms with E-state index in [0.29, 0.717) is 24.5 Å². The van der Waals surface area contributed by atoms with E-state index in [4.69, 9.17) is 4.74 Å². The van der Waals surface area contributed by atoms with Gasteiger partial charge in [0.15, 0.2) is 0 Å². The van der Waals surface area contributed by atoms with Crippen LogP contribution in [0.25, 0.3) is 0 Å². The number of pyridine rings is 1. The molecule has 1 fully saturated rings. The number of hydrogen-bond donors (Lipinski definition) is 1. The zero-order valence-corrected chi connectivity index (χ0v) is 15.5. The number of rotatable bonds is 5. The van der Waals surface area contributed by atoms with Gasteiger partial charge in [0, 0.05) is 12.6 Å². The van der Waals surface area contributed by atoms with Crippen LogP contribution in [0.5, 0.6) is 11.6 Å². The fourth-order valence-electron chi connectivity index (χ4n) is 2.69. The first kappa shape index (κ1) is 18.3. The van der Waals surface area contributed by atoms with E-state index in [1.54, 1.807) is 12.1 Å². The van der Waals surface area contributed by atoms with Crippen molar-refractivity contribution >= 4 is 21.6 Å². The summed E-state index contributed by atoms with van der Waals surface area (Å²) in [6.07, 6.45) is 2.04. The number of carbonyl (C=O) groups is 1. The Bertz CT molecular complexity index is 911. The molecular weight excluding hydrogens is 354 g/mol. The number of carbonyl (C=O) groups excluding carboxylic acids is 1. The van der Waals surface area contributed by atoms with Crippen LogP contribution in [-0.4, -0.2) is 42.5 Å². The van der Waals surface area contributed by atoms with E-state index in [1.165, 1.54) is 10.5 Å². The first-order chi connectivity index (χ1) is 12.3. The number of nitrogens with one attached hydrogen (secondary N) is 1. The summed E-state index contributed by atoms with van der Waals surface area (Å²) in [5.74, 6) is 0.861. The Morgan fingerprint density at radius 2 is 2.08 bits per heavy atom. The number of benzene rings is 1. The zero-order chi connectivity index (χ0) is 18.7. The fourth-order valence-corrected chi connectivity index (χ4v) is 4.16. The highest BCUT2D eigenvalue weighted by Crippen LogP contribution is 2.26. The molecule has 3 rings (SSSR count). The van der Waals surface area contributed by atoms with E-state index in [2.05, 4.69) is 10.3 Å². The molecule has 0 bridgehead atoms. The second-order valence-corrected chi connectivity index (χ2v) is 8.32. The van der Waals surface area contributed by atoms with E-state index in [9.17, 15) is 13.2 Å². The SMILES string of the molecule is Cc1cccc(Oc2ccc(NC(=O)CN3CCCS3(=O)=O)cn2)c1C. The number of ether oxygens (including phenoxy) is 1. The molecule has 0 radical (unpaired) electrons. The lowest BCUT2D eigenvalue weighted by Crippen LogP contribution is -2.34. The topological polar surface area (TPSA) is 88.6 Å². The van der Waals surface area contributed by atoms with Crippen molar-refractivity contribution < 1.29 is 17.9 Å². The third-order valence-electron chi connectivity index (χ3n) is 4.31. The zero-order valence-electron chi connectivity index (χ0n) is 14.7. The summed E-state index contributed by atoms with van der Waals surface area (Å²) in [5.41, 5.74) is 2.65. The highest BCUT2D eigenvalue weighted by molar-refractivity contribution is 7.89. The van der Waals surface area contributed by atoms with Gasteiger partial charge in [-0.05, 0) is 43.5 Å². The van der Waals surface area contributed by atoms with Crippen LogP contribution in [0, 0.1) is 13.8 Å². The third kappa shape index (κ3) is 4.20. The maximum Gasteiger partial charge on any atom is 0.239 e. The van der Waals surface area contributed by atoms with E-state index in [-0.39, 0.29) is 18.2 Å². The average molecular weight is 375 g/mol. The van der Waals surface area contributed by atoms with Gasteiger partial charge in [0.2, 0.25) is 21.8 Å². The Hall–Kier alpha value is -2.45. The van der Waals surface area contributed by atoms with Crippen LogP contribution < -0.4 is 10.1 Å². The molecule has 7 nitrogen and oxygen atoms in total. The summed E-state index contributed by atoms with van der Waals surface area (Å²) in [6.45, 7) is 4.19. The fraction of sp³-hybridized carbons (Fsp3) is 0.333. The molecule has 0 saturated carbocycles. The predicted molar refractivity (Wildman–Crippen MR) is 98.8 cm³/mol. The van der Waals surface area contributed by atoms with Crippen molar-refractivity contribution in [2.45, 2.75) is 20.3 Å². The van der Waals surface area contributed by atoms with E-state index < -0.39 is 10.0 Å². The largest absolute Gasteiger partial charge is 0.439 e. The molecule has 1 saturated heterocycles. The van der Waals surface area contributed by atoms with Gasteiger partial charge in [-0.2, -0.15) is 4.31 Å². The van der Waals surface area contributed by atoms with E-state index in [1.807, 2.05) is 32.0 Å². The Morgan fingerprint density at radius 3 is 2.73 bits per heavy atom. The second-order valence-electron chi connectivity index (χ2n) is 6.24. The van der Waals surface area contributed by atoms with E-state index >= 15 is 0 Å². The lowest BCUT2D eigenvalue weighted by Gasteiger charge is -2.14. The van der Waals surface area contributed by atoms with Gasteiger partial charge in [0.05, 0.1) is 24.2 Å². The average Bonchev–Trinajstić information content (AvgIpc) is 2.92. The van der Waals surface area contributed by atoms with Gasteiger partial charge in [-0.15, -0.1) is 0 Å². The monoisotopic (exact) mass is 375 g/mol. The number of nitrogens with zero attached hydrogens (tertiary/aromatic N) is 2. The summed E-state index contributed by atoms with van der Waals surface area (Å²) >= 11 is 0. The molecule has 1 aliphatic rings. The molecule has 0 spiro atoms. The maximum atomic E-state index is 12.0. The van der Waals surface area contributed by atoms with Crippen LogP contribution in [0.3, 0.4) is 0 Å². The molecule has 1 amide bonds. The lowest BCUT2D eigenvalue weighted by atomic mass is 10.1. The maximum absolute atomic E-state index is 12.0. The van der Waals surface area contributed by atoms with Crippen molar-refractivity contribution in [3.63, 3.8) is 0 Å². The quantitative estimate of drug-likeness (QED) is 0.867. The summed E-state index contributed by atoms with van der Waals surface area (Å²) < 4.78 is 30.4. The molecule has 26 heavy (non-hydrogen) atoms. The highest BCUT2D eigenvalue weighted by Gasteiger charge is 2.29. The Balaban J connectivity index is 1.61. The van der Waals surface area contributed by atoms with Crippen molar-refractivity contribution in [1.29, 1.82) is 0 Å². The van der Waals surface area contributed by atoms with Gasteiger partial charge in [-0.1, -0.05) is 12.1 Å². The first-order valence-corrected chi connectivity index (χ1v) is 9.94. The van der Waals surface area contributed by atoms with Crippen LogP contribution in [0.4, 0.5) is 5.69 Å². The number of hydrogen-bond acceptors (Lipinski definition) is 5. The van der Waals surface area contributed by atoms with Crippen molar-refractivity contribution in [1.82, 2.24) is 9.29 Å². The van der Waals surface area contributed by atoms with Gasteiger partial charge in [-0.25, -0.2) is 13.4 Å². The summed E-state index contributed by atoms with van der Waals surface area (Å²) in [7, 11) is -3.29. The van der Waals surface area contributed by atoms with E-state index in [0.717, 1.165) is 16.9 Å². The smallest absolute Gasteiger partial charge is 0.239 e. The standard InChI is InChI=1S/C18H21N3O4S/c1-13-5-3-6-16(14(13)2)25-18-8-7-15(11-19-18)20-17(22)12-21-9-4-10-26(21,23)24/h3,5-8,11H,4,9-10,12H2,1-2H3,(H,20,22). The molecule has 8 heteroatoms. The van der Waals surface area contributed by atoms with Gasteiger partial charge in [0.25, 0.3) is 0 Å². The number of sulfonamides is 1. The minimum atomic E-state index is -3.29. The Labute approximate surface area is 153 Å². The van der Waals surface area contributed by atoms with Crippen molar-refractivity contribution in [2.24, 2.45) is 0 Å². The summed E-state index contributed by atoms with van der Waals surface area (Å²) in [6, 6.07) is 9.12. The van der Waals surface area contributed by atoms with Crippen LogP contribution in [-0.2, 0) is 14.8 Å². The molecular formula is C18H21N3O4S. The molecule has 2 aromatic rings. The molecule has 2 heterocycles. The van der Waals surface area contributed by atoms with Crippen LogP contribution in [0.2, 0.25) is 0 Å². The van der Waals surface area contributed by atoms with Crippen LogP contribution in [0.15, 0.2) is 36.5 Å². The highest BCUT2D eigenvalue weighted by atomic mass is 32.2. The second kappa shape index (κ2) is 7.43.